The molecule has 0 aromatic rings. The van der Waals surface area contributed by atoms with E-state index in [1.54, 1.807) is 0 Å². The van der Waals surface area contributed by atoms with Crippen LogP contribution in [0.25, 0.3) is 0 Å². The van der Waals surface area contributed by atoms with Crippen molar-refractivity contribution in [2.75, 3.05) is 7.05 Å². The Balaban J connectivity index is 4.61. The molecule has 0 spiro atoms. The summed E-state index contributed by atoms with van der Waals surface area (Å²) in [6, 6.07) is 1.03. The van der Waals surface area contributed by atoms with Crippen molar-refractivity contribution in [3.63, 3.8) is 0 Å². The lowest BCUT2D eigenvalue weighted by atomic mass is 9.83. The van der Waals surface area contributed by atoms with Crippen molar-refractivity contribution in [1.82, 2.24) is 4.90 Å². The molecule has 96 valence electrons. The molecule has 2 nitrogen and oxygen atoms in total. The Morgan fingerprint density at radius 3 is 2.00 bits per heavy atom. The highest BCUT2D eigenvalue weighted by Gasteiger charge is 2.27. The number of carbonyl (C=O) groups is 1. The average molecular weight is 227 g/mol. The van der Waals surface area contributed by atoms with Crippen LogP contribution < -0.4 is 0 Å². The van der Waals surface area contributed by atoms with E-state index in [2.05, 4.69) is 39.6 Å². The Hall–Kier alpha value is -0.370. The quantitative estimate of drug-likeness (QED) is 0.622. The molecule has 0 aliphatic carbocycles. The highest BCUT2D eigenvalue weighted by atomic mass is 16.1. The Morgan fingerprint density at radius 2 is 1.69 bits per heavy atom. The third kappa shape index (κ3) is 5.64. The number of hydrogen-bond donors (Lipinski definition) is 0. The molecular weight excluding hydrogens is 198 g/mol. The lowest BCUT2D eigenvalue weighted by molar-refractivity contribution is -0.115. The van der Waals surface area contributed by atoms with E-state index in [4.69, 9.17) is 0 Å². The summed E-state index contributed by atoms with van der Waals surface area (Å²) in [6.07, 6.45) is 3.20. The molecule has 0 saturated carbocycles. The van der Waals surface area contributed by atoms with Crippen LogP contribution in [0.5, 0.6) is 0 Å². The maximum atomic E-state index is 11.0. The molecular formula is C14H29NO. The van der Waals surface area contributed by atoms with Gasteiger partial charge >= 0.3 is 0 Å². The van der Waals surface area contributed by atoms with Gasteiger partial charge in [0.1, 0.15) is 6.29 Å². The lowest BCUT2D eigenvalue weighted by Crippen LogP contribution is -2.41. The van der Waals surface area contributed by atoms with Gasteiger partial charge in [0.25, 0.3) is 0 Å². The lowest BCUT2D eigenvalue weighted by Gasteiger charge is -2.36. The van der Waals surface area contributed by atoms with Crippen molar-refractivity contribution < 1.29 is 4.79 Å². The molecule has 0 rings (SSSR count). The van der Waals surface area contributed by atoms with Gasteiger partial charge in [0.05, 0.1) is 0 Å². The van der Waals surface area contributed by atoms with E-state index < -0.39 is 0 Å². The largest absolute Gasteiger partial charge is 0.303 e. The zero-order valence-electron chi connectivity index (χ0n) is 12.1. The molecule has 0 aliphatic heterocycles. The zero-order valence-corrected chi connectivity index (χ0v) is 12.1. The third-order valence-corrected chi connectivity index (χ3v) is 3.21. The summed E-state index contributed by atoms with van der Waals surface area (Å²) >= 11 is 0. The molecule has 0 aromatic carbocycles. The highest BCUT2D eigenvalue weighted by Crippen LogP contribution is 2.26. The maximum Gasteiger partial charge on any atom is 0.125 e. The molecule has 2 heteroatoms. The van der Waals surface area contributed by atoms with Crippen molar-refractivity contribution in [3.8, 4) is 0 Å². The molecule has 0 bridgehead atoms. The van der Waals surface area contributed by atoms with Crippen molar-refractivity contribution in [1.29, 1.82) is 0 Å². The van der Waals surface area contributed by atoms with Crippen molar-refractivity contribution >= 4 is 6.29 Å². The van der Waals surface area contributed by atoms with Crippen LogP contribution in [0.3, 0.4) is 0 Å². The second-order valence-corrected chi connectivity index (χ2v) is 6.35. The Bertz CT molecular complexity index is 209. The second-order valence-electron chi connectivity index (χ2n) is 6.35. The average Bonchev–Trinajstić information content (AvgIpc) is 2.14. The minimum absolute atomic E-state index is 0.206. The standard InChI is InChI=1S/C14H29NO/c1-11(2)8-13(15(7)12(3)4)9-14(5,6)10-16/h10-13H,8-9H2,1-7H3/t13-/m0/s1. The SMILES string of the molecule is CC(C)C[C@@H](CC(C)(C)C=O)N(C)C(C)C. The molecule has 0 heterocycles. The van der Waals surface area contributed by atoms with E-state index in [0.717, 1.165) is 19.1 Å². The van der Waals surface area contributed by atoms with E-state index in [-0.39, 0.29) is 5.41 Å². The summed E-state index contributed by atoms with van der Waals surface area (Å²) < 4.78 is 0. The topological polar surface area (TPSA) is 20.3 Å². The van der Waals surface area contributed by atoms with Gasteiger partial charge in [-0.2, -0.15) is 0 Å². The van der Waals surface area contributed by atoms with Crippen LogP contribution in [-0.2, 0) is 4.79 Å². The molecule has 0 unspecified atom stereocenters. The van der Waals surface area contributed by atoms with Gasteiger partial charge < -0.3 is 9.69 Å². The van der Waals surface area contributed by atoms with Crippen LogP contribution in [0.4, 0.5) is 0 Å². The van der Waals surface area contributed by atoms with E-state index in [0.29, 0.717) is 18.0 Å². The molecule has 0 radical (unpaired) electrons. The highest BCUT2D eigenvalue weighted by molar-refractivity contribution is 5.57. The van der Waals surface area contributed by atoms with E-state index in [1.165, 1.54) is 0 Å². The summed E-state index contributed by atoms with van der Waals surface area (Å²) in [5, 5.41) is 0. The van der Waals surface area contributed by atoms with Crippen LogP contribution >= 0.6 is 0 Å². The van der Waals surface area contributed by atoms with Crippen LogP contribution in [0.1, 0.15) is 54.4 Å². The van der Waals surface area contributed by atoms with Gasteiger partial charge in [-0.05, 0) is 39.7 Å². The fraction of sp³-hybridized carbons (Fsp3) is 0.929. The molecule has 0 N–H and O–H groups in total. The van der Waals surface area contributed by atoms with Crippen LogP contribution in [0.2, 0.25) is 0 Å². The minimum atomic E-state index is -0.206. The fourth-order valence-corrected chi connectivity index (χ4v) is 2.01. The summed E-state index contributed by atoms with van der Waals surface area (Å²) in [6.45, 7) is 13.0. The maximum absolute atomic E-state index is 11.0. The normalized spacial score (nSPS) is 14.9. The summed E-state index contributed by atoms with van der Waals surface area (Å²) in [4.78, 5) is 13.4. The van der Waals surface area contributed by atoms with Crippen LogP contribution in [0, 0.1) is 11.3 Å². The van der Waals surface area contributed by atoms with Gasteiger partial charge in [-0.15, -0.1) is 0 Å². The van der Waals surface area contributed by atoms with Crippen LogP contribution in [0.15, 0.2) is 0 Å². The number of nitrogens with zero attached hydrogens (tertiary/aromatic N) is 1. The molecule has 0 aromatic heterocycles. The summed E-state index contributed by atoms with van der Waals surface area (Å²) in [5.74, 6) is 0.675. The molecule has 0 amide bonds. The molecule has 1 atom stereocenters. The van der Waals surface area contributed by atoms with Gasteiger partial charge in [0, 0.05) is 17.5 Å². The van der Waals surface area contributed by atoms with E-state index >= 15 is 0 Å². The number of aldehydes is 1. The van der Waals surface area contributed by atoms with Gasteiger partial charge in [0.15, 0.2) is 0 Å². The summed E-state index contributed by atoms with van der Waals surface area (Å²) in [5.41, 5.74) is -0.206. The summed E-state index contributed by atoms with van der Waals surface area (Å²) in [7, 11) is 2.17. The van der Waals surface area contributed by atoms with Crippen LogP contribution in [-0.4, -0.2) is 30.3 Å². The van der Waals surface area contributed by atoms with Crippen molar-refractivity contribution in [3.05, 3.63) is 0 Å². The van der Waals surface area contributed by atoms with Gasteiger partial charge in [-0.25, -0.2) is 0 Å². The number of rotatable bonds is 7. The zero-order chi connectivity index (χ0) is 12.9. The first-order chi connectivity index (χ1) is 7.19. The van der Waals surface area contributed by atoms with Gasteiger partial charge in [-0.3, -0.25) is 0 Å². The third-order valence-electron chi connectivity index (χ3n) is 3.21. The molecule has 0 aliphatic rings. The molecule has 0 saturated heterocycles. The first kappa shape index (κ1) is 15.6. The Morgan fingerprint density at radius 1 is 1.19 bits per heavy atom. The van der Waals surface area contributed by atoms with E-state index in [1.807, 2.05) is 13.8 Å². The smallest absolute Gasteiger partial charge is 0.125 e. The van der Waals surface area contributed by atoms with Gasteiger partial charge in [0.2, 0.25) is 0 Å². The minimum Gasteiger partial charge on any atom is -0.303 e. The Labute approximate surface area is 101 Å². The Kier molecular flexibility index (Phi) is 6.24. The molecule has 0 fully saturated rings. The van der Waals surface area contributed by atoms with Gasteiger partial charge in [-0.1, -0.05) is 27.7 Å². The van der Waals surface area contributed by atoms with Crippen molar-refractivity contribution in [2.45, 2.75) is 66.5 Å². The monoisotopic (exact) mass is 227 g/mol. The number of hydrogen-bond acceptors (Lipinski definition) is 2. The fourth-order valence-electron chi connectivity index (χ4n) is 2.01. The predicted octanol–water partition coefficient (Wildman–Crippen LogP) is 3.36. The first-order valence-electron chi connectivity index (χ1n) is 6.38. The van der Waals surface area contributed by atoms with E-state index in [9.17, 15) is 4.79 Å². The second kappa shape index (κ2) is 6.39. The number of carbonyl (C=O) groups excluding carboxylic acids is 1. The predicted molar refractivity (Wildman–Crippen MR) is 70.6 cm³/mol. The first-order valence-corrected chi connectivity index (χ1v) is 6.38. The van der Waals surface area contributed by atoms with Crippen molar-refractivity contribution in [2.24, 2.45) is 11.3 Å². The molecule has 16 heavy (non-hydrogen) atoms.